The number of nitrogens with one attached hydrogen (secondary N) is 1. The van der Waals surface area contributed by atoms with Crippen molar-refractivity contribution in [2.45, 2.75) is 6.42 Å². The molecule has 2 aromatic carbocycles. The van der Waals surface area contributed by atoms with E-state index in [2.05, 4.69) is 10.1 Å². The van der Waals surface area contributed by atoms with Crippen LogP contribution in [0.1, 0.15) is 5.56 Å². The molecule has 0 saturated carbocycles. The minimum atomic E-state index is -0.307. The van der Waals surface area contributed by atoms with Crippen LogP contribution in [0.4, 0.5) is 5.69 Å². The lowest BCUT2D eigenvalue weighted by atomic mass is 10.1. The van der Waals surface area contributed by atoms with Crippen LogP contribution in [0.3, 0.4) is 0 Å². The molecule has 0 spiro atoms. The minimum Gasteiger partial charge on any atom is -0.484 e. The first kappa shape index (κ1) is 16.8. The van der Waals surface area contributed by atoms with Crippen molar-refractivity contribution < 1.29 is 19.1 Å². The number of hydrogen-bond donors (Lipinski definition) is 1. The number of hydrogen-bond acceptors (Lipinski definition) is 4. The highest BCUT2D eigenvalue weighted by Crippen LogP contribution is 2.15. The summed E-state index contributed by atoms with van der Waals surface area (Å²) in [7, 11) is 1.34. The SMILES string of the molecule is COC(=O)Cc1ccc(NC(=O)COc2ccc(Cl)cc2)cc1. The monoisotopic (exact) mass is 333 g/mol. The summed E-state index contributed by atoms with van der Waals surface area (Å²) in [5.41, 5.74) is 1.44. The maximum absolute atomic E-state index is 11.8. The van der Waals surface area contributed by atoms with Crippen LogP contribution < -0.4 is 10.1 Å². The molecule has 0 heterocycles. The molecular weight excluding hydrogens is 318 g/mol. The van der Waals surface area contributed by atoms with Gasteiger partial charge in [-0.25, -0.2) is 0 Å². The third kappa shape index (κ3) is 5.64. The first-order chi connectivity index (χ1) is 11.1. The lowest BCUT2D eigenvalue weighted by Gasteiger charge is -2.08. The zero-order valence-electron chi connectivity index (χ0n) is 12.5. The summed E-state index contributed by atoms with van der Waals surface area (Å²) in [4.78, 5) is 23.0. The normalized spacial score (nSPS) is 10.0. The number of carbonyl (C=O) groups is 2. The molecular formula is C17H16ClNO4. The Kier molecular flexibility index (Phi) is 6.00. The Labute approximate surface area is 139 Å². The molecule has 2 aromatic rings. The predicted molar refractivity (Wildman–Crippen MR) is 87.7 cm³/mol. The molecule has 0 saturated heterocycles. The van der Waals surface area contributed by atoms with Crippen LogP contribution in [0.2, 0.25) is 5.02 Å². The number of ether oxygens (including phenoxy) is 2. The van der Waals surface area contributed by atoms with Gasteiger partial charge in [0.05, 0.1) is 13.5 Å². The van der Waals surface area contributed by atoms with Gasteiger partial charge in [-0.3, -0.25) is 9.59 Å². The van der Waals surface area contributed by atoms with Gasteiger partial charge in [-0.2, -0.15) is 0 Å². The van der Waals surface area contributed by atoms with Crippen molar-refractivity contribution >= 4 is 29.2 Å². The summed E-state index contributed by atoms with van der Waals surface area (Å²) in [5.74, 6) is -0.0169. The predicted octanol–water partition coefficient (Wildman–Crippen LogP) is 3.07. The molecule has 0 radical (unpaired) electrons. The first-order valence-electron chi connectivity index (χ1n) is 6.91. The highest BCUT2D eigenvalue weighted by atomic mass is 35.5. The second kappa shape index (κ2) is 8.19. The van der Waals surface area contributed by atoms with Crippen LogP contribution in [-0.4, -0.2) is 25.6 Å². The van der Waals surface area contributed by atoms with E-state index >= 15 is 0 Å². The van der Waals surface area contributed by atoms with E-state index in [1.165, 1.54) is 7.11 Å². The standard InChI is InChI=1S/C17H16ClNO4/c1-22-17(21)10-12-2-6-14(7-3-12)19-16(20)11-23-15-8-4-13(18)5-9-15/h2-9H,10-11H2,1H3,(H,19,20). The van der Waals surface area contributed by atoms with Crippen LogP contribution in [0.5, 0.6) is 5.75 Å². The fraction of sp³-hybridized carbons (Fsp3) is 0.176. The number of halogens is 1. The third-order valence-electron chi connectivity index (χ3n) is 3.00. The molecule has 0 aliphatic carbocycles. The fourth-order valence-electron chi connectivity index (χ4n) is 1.82. The van der Waals surface area contributed by atoms with Crippen LogP contribution in [0.15, 0.2) is 48.5 Å². The van der Waals surface area contributed by atoms with Gasteiger partial charge < -0.3 is 14.8 Å². The number of benzene rings is 2. The molecule has 1 N–H and O–H groups in total. The van der Waals surface area contributed by atoms with Gasteiger partial charge in [0.15, 0.2) is 6.61 Å². The van der Waals surface area contributed by atoms with Gasteiger partial charge in [-0.05, 0) is 42.0 Å². The van der Waals surface area contributed by atoms with E-state index in [9.17, 15) is 9.59 Å². The van der Waals surface area contributed by atoms with Crippen molar-refractivity contribution in [1.29, 1.82) is 0 Å². The topological polar surface area (TPSA) is 64.6 Å². The molecule has 1 amide bonds. The molecule has 5 nitrogen and oxygen atoms in total. The molecule has 6 heteroatoms. The van der Waals surface area contributed by atoms with Crippen LogP contribution in [0, 0.1) is 0 Å². The van der Waals surface area contributed by atoms with Crippen molar-refractivity contribution in [2.75, 3.05) is 19.0 Å². The number of amides is 1. The fourth-order valence-corrected chi connectivity index (χ4v) is 1.95. The van der Waals surface area contributed by atoms with Gasteiger partial charge in [0, 0.05) is 10.7 Å². The Hall–Kier alpha value is -2.53. The maximum atomic E-state index is 11.8. The summed E-state index contributed by atoms with van der Waals surface area (Å²) < 4.78 is 9.95. The number of methoxy groups -OCH3 is 1. The van der Waals surface area contributed by atoms with Crippen LogP contribution in [0.25, 0.3) is 0 Å². The summed E-state index contributed by atoms with van der Waals surface area (Å²) in [6, 6.07) is 13.7. The number of rotatable bonds is 6. The summed E-state index contributed by atoms with van der Waals surface area (Å²) in [5, 5.41) is 3.32. The third-order valence-corrected chi connectivity index (χ3v) is 3.25. The van der Waals surface area contributed by atoms with E-state index in [4.69, 9.17) is 16.3 Å². The van der Waals surface area contributed by atoms with Gasteiger partial charge in [0.25, 0.3) is 5.91 Å². The lowest BCUT2D eigenvalue weighted by Crippen LogP contribution is -2.20. The Bertz CT molecular complexity index is 668. The van der Waals surface area contributed by atoms with Gasteiger partial charge >= 0.3 is 5.97 Å². The second-order valence-corrected chi connectivity index (χ2v) is 5.18. The van der Waals surface area contributed by atoms with Crippen molar-refractivity contribution in [3.63, 3.8) is 0 Å². The van der Waals surface area contributed by atoms with Crippen LogP contribution in [-0.2, 0) is 20.7 Å². The molecule has 0 fully saturated rings. The van der Waals surface area contributed by atoms with E-state index in [1.807, 2.05) is 0 Å². The summed E-state index contributed by atoms with van der Waals surface area (Å²) >= 11 is 5.77. The Morgan fingerprint density at radius 1 is 1.04 bits per heavy atom. The zero-order valence-corrected chi connectivity index (χ0v) is 13.3. The molecule has 0 unspecified atom stereocenters. The zero-order chi connectivity index (χ0) is 16.7. The average Bonchev–Trinajstić information content (AvgIpc) is 2.56. The van der Waals surface area contributed by atoms with E-state index < -0.39 is 0 Å². The Morgan fingerprint density at radius 2 is 1.70 bits per heavy atom. The molecule has 0 atom stereocenters. The Balaban J connectivity index is 1.82. The quantitative estimate of drug-likeness (QED) is 0.825. The molecule has 0 aliphatic heterocycles. The van der Waals surface area contributed by atoms with Crippen molar-refractivity contribution in [2.24, 2.45) is 0 Å². The number of esters is 1. The molecule has 120 valence electrons. The highest BCUT2D eigenvalue weighted by molar-refractivity contribution is 6.30. The minimum absolute atomic E-state index is 0.106. The lowest BCUT2D eigenvalue weighted by molar-refractivity contribution is -0.139. The molecule has 2 rings (SSSR count). The van der Waals surface area contributed by atoms with Gasteiger partial charge in [-0.1, -0.05) is 23.7 Å². The largest absolute Gasteiger partial charge is 0.484 e. The second-order valence-electron chi connectivity index (χ2n) is 4.74. The smallest absolute Gasteiger partial charge is 0.309 e. The molecule has 0 bridgehead atoms. The maximum Gasteiger partial charge on any atom is 0.309 e. The van der Waals surface area contributed by atoms with Crippen LogP contribution >= 0.6 is 11.6 Å². The van der Waals surface area contributed by atoms with Crippen molar-refractivity contribution in [1.82, 2.24) is 0 Å². The van der Waals surface area contributed by atoms with E-state index in [-0.39, 0.29) is 24.9 Å². The molecule has 0 aliphatic rings. The number of carbonyl (C=O) groups excluding carboxylic acids is 2. The summed E-state index contributed by atoms with van der Waals surface area (Å²) in [6.45, 7) is -0.106. The van der Waals surface area contributed by atoms with E-state index in [0.717, 1.165) is 5.56 Å². The summed E-state index contributed by atoms with van der Waals surface area (Å²) in [6.07, 6.45) is 0.199. The highest BCUT2D eigenvalue weighted by Gasteiger charge is 2.06. The van der Waals surface area contributed by atoms with E-state index in [0.29, 0.717) is 16.5 Å². The molecule has 0 aromatic heterocycles. The average molecular weight is 334 g/mol. The van der Waals surface area contributed by atoms with Gasteiger partial charge in [0.1, 0.15) is 5.75 Å². The number of anilines is 1. The van der Waals surface area contributed by atoms with Crippen molar-refractivity contribution in [3.8, 4) is 5.75 Å². The molecule has 23 heavy (non-hydrogen) atoms. The van der Waals surface area contributed by atoms with Crippen molar-refractivity contribution in [3.05, 3.63) is 59.1 Å². The van der Waals surface area contributed by atoms with E-state index in [1.54, 1.807) is 48.5 Å². The first-order valence-corrected chi connectivity index (χ1v) is 7.28. The Morgan fingerprint density at radius 3 is 2.30 bits per heavy atom. The van der Waals surface area contributed by atoms with Gasteiger partial charge in [0.2, 0.25) is 0 Å². The van der Waals surface area contributed by atoms with Gasteiger partial charge in [-0.15, -0.1) is 0 Å².